The van der Waals surface area contributed by atoms with Crippen LogP contribution in [-0.2, 0) is 4.79 Å². The van der Waals surface area contributed by atoms with Gasteiger partial charge in [0.05, 0.1) is 16.1 Å². The van der Waals surface area contributed by atoms with Gasteiger partial charge in [-0.25, -0.2) is 0 Å². The molecule has 128 valence electrons. The van der Waals surface area contributed by atoms with Crippen LogP contribution in [0.25, 0.3) is 21.7 Å². The number of carbonyl (C=O) groups excluding carboxylic acids is 1. The largest absolute Gasteiger partial charge is 0.471 e. The normalized spacial score (nSPS) is 11.6. The molecule has 1 amide bonds. The fraction of sp³-hybridized carbons (Fsp3) is 0.0667. The van der Waals surface area contributed by atoms with Gasteiger partial charge in [0.15, 0.2) is 0 Å². The third-order valence-electron chi connectivity index (χ3n) is 3.54. The summed E-state index contributed by atoms with van der Waals surface area (Å²) in [6.45, 7) is 0. The minimum atomic E-state index is -5.19. The molecule has 3 rings (SSSR count). The van der Waals surface area contributed by atoms with Crippen LogP contribution in [0.15, 0.2) is 41.2 Å². The van der Waals surface area contributed by atoms with Crippen LogP contribution >= 0.6 is 0 Å². The minimum absolute atomic E-state index is 0.133. The summed E-state index contributed by atoms with van der Waals surface area (Å²) < 4.78 is 37.5. The number of nitro groups is 1. The van der Waals surface area contributed by atoms with Crippen molar-refractivity contribution in [3.8, 4) is 0 Å². The lowest BCUT2D eigenvalue weighted by atomic mass is 10.0. The van der Waals surface area contributed by atoms with Crippen molar-refractivity contribution in [1.82, 2.24) is 4.98 Å². The average Bonchev–Trinajstić information content (AvgIpc) is 2.54. The number of aromatic nitrogens is 1. The molecule has 25 heavy (non-hydrogen) atoms. The van der Waals surface area contributed by atoms with E-state index >= 15 is 0 Å². The van der Waals surface area contributed by atoms with Crippen LogP contribution in [0.5, 0.6) is 0 Å². The summed E-state index contributed by atoms with van der Waals surface area (Å²) in [7, 11) is 0. The van der Waals surface area contributed by atoms with Gasteiger partial charge in [0.2, 0.25) is 0 Å². The number of alkyl halides is 3. The summed E-state index contributed by atoms with van der Waals surface area (Å²) in [5.74, 6) is -2.30. The molecule has 0 saturated carbocycles. The summed E-state index contributed by atoms with van der Waals surface area (Å²) >= 11 is 0. The lowest BCUT2D eigenvalue weighted by Crippen LogP contribution is -2.30. The fourth-order valence-corrected chi connectivity index (χ4v) is 2.47. The summed E-state index contributed by atoms with van der Waals surface area (Å²) in [6, 6.07) is 8.01. The molecular formula is C15H8F3N3O4. The number of halogens is 3. The van der Waals surface area contributed by atoms with Gasteiger partial charge in [-0.3, -0.25) is 19.7 Å². The number of benzene rings is 2. The first-order chi connectivity index (χ1) is 11.7. The molecule has 0 aliphatic carbocycles. The quantitative estimate of drug-likeness (QED) is 0.420. The van der Waals surface area contributed by atoms with E-state index in [2.05, 4.69) is 4.98 Å². The van der Waals surface area contributed by atoms with Gasteiger partial charge in [0, 0.05) is 22.9 Å². The van der Waals surface area contributed by atoms with Crippen LogP contribution in [0.3, 0.4) is 0 Å². The van der Waals surface area contributed by atoms with Crippen LogP contribution in [0.1, 0.15) is 0 Å². The van der Waals surface area contributed by atoms with E-state index in [1.165, 1.54) is 12.1 Å². The molecule has 7 nitrogen and oxygen atoms in total. The smallest absolute Gasteiger partial charge is 0.320 e. The van der Waals surface area contributed by atoms with E-state index in [0.29, 0.717) is 5.39 Å². The number of rotatable bonds is 2. The molecule has 3 aromatic rings. The molecule has 0 bridgehead atoms. The number of fused-ring (bicyclic) bond motifs is 3. The van der Waals surface area contributed by atoms with Crippen molar-refractivity contribution >= 4 is 39.0 Å². The molecule has 2 aromatic carbocycles. The number of nitrogens with one attached hydrogen (secondary N) is 2. The molecule has 1 aromatic heterocycles. The Morgan fingerprint density at radius 2 is 1.76 bits per heavy atom. The number of pyridine rings is 1. The van der Waals surface area contributed by atoms with Gasteiger partial charge in [0.1, 0.15) is 0 Å². The first-order valence-corrected chi connectivity index (χ1v) is 6.80. The molecule has 0 aliphatic heterocycles. The van der Waals surface area contributed by atoms with E-state index in [-0.39, 0.29) is 16.3 Å². The van der Waals surface area contributed by atoms with Gasteiger partial charge in [-0.2, -0.15) is 13.2 Å². The number of non-ortho nitro benzene ring substituents is 1. The highest BCUT2D eigenvalue weighted by Gasteiger charge is 2.39. The Hall–Kier alpha value is -3.43. The number of amides is 1. The van der Waals surface area contributed by atoms with E-state index in [1.54, 1.807) is 17.4 Å². The maximum Gasteiger partial charge on any atom is 0.471 e. The summed E-state index contributed by atoms with van der Waals surface area (Å²) in [5, 5.41) is 13.3. The molecule has 0 atom stereocenters. The van der Waals surface area contributed by atoms with Crippen molar-refractivity contribution in [2.24, 2.45) is 0 Å². The second kappa shape index (κ2) is 5.58. The standard InChI is InChI=1S/C15H8F3N3O4/c16-15(17,18)14(23)19-11-6-7(21(24)25)5-10-8-3-1-2-4-9(8)13(22)20-12(10)11/h1-6H,(H,19,23)(H,20,22). The van der Waals surface area contributed by atoms with Crippen molar-refractivity contribution in [2.45, 2.75) is 6.18 Å². The van der Waals surface area contributed by atoms with Gasteiger partial charge in [-0.15, -0.1) is 0 Å². The Morgan fingerprint density at radius 3 is 2.36 bits per heavy atom. The van der Waals surface area contributed by atoms with Crippen molar-refractivity contribution in [3.63, 3.8) is 0 Å². The Morgan fingerprint density at radius 1 is 1.12 bits per heavy atom. The van der Waals surface area contributed by atoms with Gasteiger partial charge in [-0.1, -0.05) is 18.2 Å². The highest BCUT2D eigenvalue weighted by Crippen LogP contribution is 2.32. The van der Waals surface area contributed by atoms with Crippen molar-refractivity contribution in [1.29, 1.82) is 0 Å². The molecule has 0 aliphatic rings. The SMILES string of the molecule is O=C(Nc1cc([N+](=O)[O-])cc2c1[nH]c(=O)c1ccccc12)C(F)(F)F. The third kappa shape index (κ3) is 2.89. The number of nitrogens with zero attached hydrogens (tertiary/aromatic N) is 1. The minimum Gasteiger partial charge on any atom is -0.320 e. The second-order valence-electron chi connectivity index (χ2n) is 5.12. The summed E-state index contributed by atoms with van der Waals surface area (Å²) in [5.41, 5.74) is -1.76. The maximum absolute atomic E-state index is 12.5. The molecule has 0 spiro atoms. The van der Waals surface area contributed by atoms with Crippen LogP contribution in [-0.4, -0.2) is 22.0 Å². The number of H-pyrrole nitrogens is 1. The molecule has 2 N–H and O–H groups in total. The van der Waals surface area contributed by atoms with Crippen molar-refractivity contribution < 1.29 is 22.9 Å². The molecule has 0 radical (unpaired) electrons. The lowest BCUT2D eigenvalue weighted by molar-refractivity contribution is -0.384. The number of hydrogen-bond acceptors (Lipinski definition) is 4. The molecule has 0 unspecified atom stereocenters. The van der Waals surface area contributed by atoms with Crippen LogP contribution < -0.4 is 10.9 Å². The Balaban J connectivity index is 2.37. The Bertz CT molecular complexity index is 1090. The monoisotopic (exact) mass is 351 g/mol. The first-order valence-electron chi connectivity index (χ1n) is 6.80. The molecule has 10 heteroatoms. The first kappa shape index (κ1) is 16.4. The number of hydrogen-bond donors (Lipinski definition) is 2. The summed E-state index contributed by atoms with van der Waals surface area (Å²) in [4.78, 5) is 36.0. The van der Waals surface area contributed by atoms with E-state index in [9.17, 15) is 32.9 Å². The average molecular weight is 351 g/mol. The second-order valence-corrected chi connectivity index (χ2v) is 5.12. The highest BCUT2D eigenvalue weighted by atomic mass is 19.4. The zero-order chi connectivity index (χ0) is 18.4. The van der Waals surface area contributed by atoms with E-state index in [0.717, 1.165) is 12.1 Å². The number of aromatic amines is 1. The predicted octanol–water partition coefficient (Wildman–Crippen LogP) is 3.09. The zero-order valence-corrected chi connectivity index (χ0v) is 12.2. The Labute approximate surface area is 136 Å². The topological polar surface area (TPSA) is 105 Å². The zero-order valence-electron chi connectivity index (χ0n) is 12.2. The molecule has 0 saturated heterocycles. The number of anilines is 1. The third-order valence-corrected chi connectivity index (χ3v) is 3.54. The Kier molecular flexibility index (Phi) is 3.67. The lowest BCUT2D eigenvalue weighted by Gasteiger charge is -2.12. The highest BCUT2D eigenvalue weighted by molar-refractivity contribution is 6.12. The van der Waals surface area contributed by atoms with Crippen LogP contribution in [0.2, 0.25) is 0 Å². The molecule has 1 heterocycles. The van der Waals surface area contributed by atoms with Gasteiger partial charge < -0.3 is 10.3 Å². The van der Waals surface area contributed by atoms with Gasteiger partial charge in [0.25, 0.3) is 11.2 Å². The van der Waals surface area contributed by atoms with E-state index in [1.807, 2.05) is 0 Å². The van der Waals surface area contributed by atoms with E-state index < -0.39 is 33.9 Å². The fourth-order valence-electron chi connectivity index (χ4n) is 2.47. The van der Waals surface area contributed by atoms with Crippen molar-refractivity contribution in [3.05, 3.63) is 56.9 Å². The van der Waals surface area contributed by atoms with Crippen LogP contribution in [0, 0.1) is 10.1 Å². The van der Waals surface area contributed by atoms with Crippen molar-refractivity contribution in [2.75, 3.05) is 5.32 Å². The van der Waals surface area contributed by atoms with E-state index in [4.69, 9.17) is 0 Å². The predicted molar refractivity (Wildman–Crippen MR) is 83.4 cm³/mol. The number of nitro benzene ring substituents is 1. The van der Waals surface area contributed by atoms with Gasteiger partial charge in [-0.05, 0) is 11.5 Å². The van der Waals surface area contributed by atoms with Gasteiger partial charge >= 0.3 is 12.1 Å². The molecular weight excluding hydrogens is 343 g/mol. The van der Waals surface area contributed by atoms with Crippen LogP contribution in [0.4, 0.5) is 24.5 Å². The number of carbonyl (C=O) groups is 1. The maximum atomic E-state index is 12.5. The summed E-state index contributed by atoms with van der Waals surface area (Å²) in [6.07, 6.45) is -5.19. The molecule has 0 fully saturated rings.